The van der Waals surface area contributed by atoms with Crippen LogP contribution in [0.1, 0.15) is 21.8 Å². The highest BCUT2D eigenvalue weighted by Crippen LogP contribution is 2.33. The average Bonchev–Trinajstić information content (AvgIpc) is 3.30. The summed E-state index contributed by atoms with van der Waals surface area (Å²) in [5.41, 5.74) is 1.36. The minimum absolute atomic E-state index is 0.0356. The van der Waals surface area contributed by atoms with Crippen molar-refractivity contribution >= 4 is 5.91 Å². The summed E-state index contributed by atoms with van der Waals surface area (Å²) in [5.74, 6) is 0.694. The Labute approximate surface area is 139 Å². The van der Waals surface area contributed by atoms with Crippen LogP contribution < -0.4 is 0 Å². The van der Waals surface area contributed by atoms with Gasteiger partial charge in [0.2, 0.25) is 0 Å². The maximum atomic E-state index is 12.7. The summed E-state index contributed by atoms with van der Waals surface area (Å²) < 4.78 is 16.7. The van der Waals surface area contributed by atoms with Gasteiger partial charge in [0.05, 0.1) is 32.0 Å². The maximum Gasteiger partial charge on any atom is 0.276 e. The molecule has 0 bridgehead atoms. The summed E-state index contributed by atoms with van der Waals surface area (Å²) in [4.78, 5) is 18.6. The molecular formula is C17H19N3O4. The highest BCUT2D eigenvalue weighted by atomic mass is 16.5. The van der Waals surface area contributed by atoms with Crippen LogP contribution in [-0.4, -0.2) is 52.9 Å². The Balaban J connectivity index is 1.46. The Morgan fingerprint density at radius 1 is 1.46 bits per heavy atom. The maximum absolute atomic E-state index is 12.7. The molecule has 126 valence electrons. The highest BCUT2D eigenvalue weighted by Gasteiger charge is 2.48. The van der Waals surface area contributed by atoms with Crippen LogP contribution in [0.5, 0.6) is 0 Å². The lowest BCUT2D eigenvalue weighted by Gasteiger charge is -2.21. The number of pyridine rings is 1. The number of nitrogens with zero attached hydrogens (tertiary/aromatic N) is 3. The van der Waals surface area contributed by atoms with E-state index in [4.69, 9.17) is 14.0 Å². The summed E-state index contributed by atoms with van der Waals surface area (Å²) in [6, 6.07) is 5.56. The molecule has 0 radical (unpaired) electrons. The number of amides is 1. The van der Waals surface area contributed by atoms with Crippen molar-refractivity contribution in [3.05, 3.63) is 47.6 Å². The zero-order valence-electron chi connectivity index (χ0n) is 13.4. The van der Waals surface area contributed by atoms with Gasteiger partial charge in [0, 0.05) is 30.9 Å². The van der Waals surface area contributed by atoms with Crippen molar-refractivity contribution in [1.82, 2.24) is 15.0 Å². The van der Waals surface area contributed by atoms with Gasteiger partial charge in [-0.1, -0.05) is 11.2 Å². The SMILES string of the molecule is Cc1cc(C(=O)N2C[C@@H](OCc3cccnc3)[C@@H]3COC[C@@H]32)no1. The van der Waals surface area contributed by atoms with Crippen molar-refractivity contribution in [3.63, 3.8) is 0 Å². The topological polar surface area (TPSA) is 77.7 Å². The van der Waals surface area contributed by atoms with Gasteiger partial charge in [0.15, 0.2) is 5.69 Å². The molecule has 4 heterocycles. The molecule has 0 spiro atoms. The molecule has 4 rings (SSSR count). The van der Waals surface area contributed by atoms with Crippen LogP contribution in [0.15, 0.2) is 35.1 Å². The van der Waals surface area contributed by atoms with Crippen LogP contribution in [0.2, 0.25) is 0 Å². The lowest BCUT2D eigenvalue weighted by molar-refractivity contribution is 0.00917. The van der Waals surface area contributed by atoms with E-state index >= 15 is 0 Å². The quantitative estimate of drug-likeness (QED) is 0.844. The fourth-order valence-corrected chi connectivity index (χ4v) is 3.41. The number of likely N-dealkylation sites (tertiary alicyclic amines) is 1. The van der Waals surface area contributed by atoms with Gasteiger partial charge in [0.25, 0.3) is 5.91 Å². The van der Waals surface area contributed by atoms with Gasteiger partial charge in [-0.25, -0.2) is 0 Å². The number of hydrogen-bond acceptors (Lipinski definition) is 6. The van der Waals surface area contributed by atoms with Crippen molar-refractivity contribution in [1.29, 1.82) is 0 Å². The second-order valence-electron chi connectivity index (χ2n) is 6.26. The van der Waals surface area contributed by atoms with Crippen molar-refractivity contribution in [2.24, 2.45) is 5.92 Å². The van der Waals surface area contributed by atoms with E-state index in [2.05, 4.69) is 10.1 Å². The molecule has 3 atom stereocenters. The van der Waals surface area contributed by atoms with E-state index < -0.39 is 0 Å². The standard InChI is InChI=1S/C17H19N3O4/c1-11-5-14(19-24-11)17(21)20-7-16(13-9-22-10-15(13)20)23-8-12-3-2-4-18-6-12/h2-6,13,15-16H,7-10H2,1H3/t13-,15+,16-/m1/s1. The van der Waals surface area contributed by atoms with E-state index in [0.29, 0.717) is 37.8 Å². The largest absolute Gasteiger partial charge is 0.379 e. The predicted octanol–water partition coefficient (Wildman–Crippen LogP) is 1.43. The third-order valence-corrected chi connectivity index (χ3v) is 4.64. The molecule has 0 N–H and O–H groups in total. The summed E-state index contributed by atoms with van der Waals surface area (Å²) in [6.07, 6.45) is 3.48. The summed E-state index contributed by atoms with van der Waals surface area (Å²) in [6.45, 7) is 3.95. The average molecular weight is 329 g/mol. The van der Waals surface area contributed by atoms with Gasteiger partial charge in [-0.05, 0) is 18.6 Å². The molecule has 0 aliphatic carbocycles. The van der Waals surface area contributed by atoms with E-state index in [1.807, 2.05) is 17.0 Å². The number of hydrogen-bond donors (Lipinski definition) is 0. The molecule has 7 nitrogen and oxygen atoms in total. The number of carbonyl (C=O) groups excluding carboxylic acids is 1. The first-order valence-electron chi connectivity index (χ1n) is 8.05. The van der Waals surface area contributed by atoms with E-state index in [-0.39, 0.29) is 24.0 Å². The van der Waals surface area contributed by atoms with Crippen LogP contribution in [0.4, 0.5) is 0 Å². The Bertz CT molecular complexity index is 718. The molecule has 24 heavy (non-hydrogen) atoms. The molecule has 2 aliphatic rings. The molecule has 2 aromatic rings. The first-order chi connectivity index (χ1) is 11.7. The van der Waals surface area contributed by atoms with E-state index in [1.165, 1.54) is 0 Å². The van der Waals surface area contributed by atoms with Crippen LogP contribution in [0.3, 0.4) is 0 Å². The summed E-state index contributed by atoms with van der Waals surface area (Å²) in [7, 11) is 0. The van der Waals surface area contributed by atoms with Crippen LogP contribution in [-0.2, 0) is 16.1 Å². The van der Waals surface area contributed by atoms with Gasteiger partial charge in [-0.2, -0.15) is 0 Å². The summed E-state index contributed by atoms with van der Waals surface area (Å²) in [5, 5.41) is 3.84. The molecule has 0 aromatic carbocycles. The smallest absolute Gasteiger partial charge is 0.276 e. The number of fused-ring (bicyclic) bond motifs is 1. The minimum atomic E-state index is -0.125. The molecule has 2 aliphatic heterocycles. The molecule has 0 unspecified atom stereocenters. The third-order valence-electron chi connectivity index (χ3n) is 4.64. The third kappa shape index (κ3) is 2.81. The van der Waals surface area contributed by atoms with Crippen LogP contribution >= 0.6 is 0 Å². The number of rotatable bonds is 4. The Morgan fingerprint density at radius 3 is 3.12 bits per heavy atom. The highest BCUT2D eigenvalue weighted by molar-refractivity contribution is 5.92. The molecular weight excluding hydrogens is 310 g/mol. The molecule has 2 aromatic heterocycles. The molecule has 2 fully saturated rings. The lowest BCUT2D eigenvalue weighted by atomic mass is 10.0. The van der Waals surface area contributed by atoms with Crippen molar-refractivity contribution in [2.45, 2.75) is 25.7 Å². The normalized spacial score (nSPS) is 25.9. The van der Waals surface area contributed by atoms with Crippen LogP contribution in [0.25, 0.3) is 0 Å². The van der Waals surface area contributed by atoms with Gasteiger partial charge in [-0.15, -0.1) is 0 Å². The van der Waals surface area contributed by atoms with Gasteiger partial charge >= 0.3 is 0 Å². The minimum Gasteiger partial charge on any atom is -0.379 e. The fraction of sp³-hybridized carbons (Fsp3) is 0.471. The van der Waals surface area contributed by atoms with Crippen molar-refractivity contribution < 1.29 is 18.8 Å². The van der Waals surface area contributed by atoms with E-state index in [1.54, 1.807) is 25.4 Å². The van der Waals surface area contributed by atoms with Gasteiger partial charge in [-0.3, -0.25) is 9.78 Å². The Morgan fingerprint density at radius 2 is 2.38 bits per heavy atom. The number of ether oxygens (including phenoxy) is 2. The van der Waals surface area contributed by atoms with Gasteiger partial charge < -0.3 is 18.9 Å². The van der Waals surface area contributed by atoms with Crippen molar-refractivity contribution in [3.8, 4) is 0 Å². The molecule has 1 amide bonds. The Kier molecular flexibility index (Phi) is 4.03. The first kappa shape index (κ1) is 15.3. The number of aromatic nitrogens is 2. The zero-order valence-corrected chi connectivity index (χ0v) is 13.4. The fourth-order valence-electron chi connectivity index (χ4n) is 3.41. The van der Waals surface area contributed by atoms with E-state index in [0.717, 1.165) is 5.56 Å². The second kappa shape index (κ2) is 6.33. The Hall–Kier alpha value is -2.25. The molecule has 0 saturated carbocycles. The monoisotopic (exact) mass is 329 g/mol. The van der Waals surface area contributed by atoms with Crippen LogP contribution in [0, 0.1) is 12.8 Å². The lowest BCUT2D eigenvalue weighted by Crippen LogP contribution is -2.38. The first-order valence-corrected chi connectivity index (χ1v) is 8.05. The van der Waals surface area contributed by atoms with Gasteiger partial charge in [0.1, 0.15) is 5.76 Å². The number of carbonyl (C=O) groups is 1. The molecule has 2 saturated heterocycles. The summed E-state index contributed by atoms with van der Waals surface area (Å²) >= 11 is 0. The second-order valence-corrected chi connectivity index (χ2v) is 6.26. The number of aryl methyl sites for hydroxylation is 1. The van der Waals surface area contributed by atoms with Crippen molar-refractivity contribution in [2.75, 3.05) is 19.8 Å². The van der Waals surface area contributed by atoms with E-state index in [9.17, 15) is 4.79 Å². The zero-order chi connectivity index (χ0) is 16.5. The molecule has 7 heteroatoms. The predicted molar refractivity (Wildman–Crippen MR) is 83.2 cm³/mol.